The smallest absolute Gasteiger partial charge is 0.109 e. The van der Waals surface area contributed by atoms with E-state index in [-0.39, 0.29) is 5.60 Å². The van der Waals surface area contributed by atoms with Gasteiger partial charge in [-0.3, -0.25) is 0 Å². The Labute approximate surface area is 106 Å². The van der Waals surface area contributed by atoms with Gasteiger partial charge >= 0.3 is 0 Å². The minimum atomic E-state index is 0.136. The first-order valence-corrected chi connectivity index (χ1v) is 7.55. The Hall–Kier alpha value is -0.460. The molecule has 0 aromatic carbocycles. The summed E-state index contributed by atoms with van der Waals surface area (Å²) in [6.07, 6.45) is 12.3. The Morgan fingerprint density at radius 1 is 1.12 bits per heavy atom. The van der Waals surface area contributed by atoms with Gasteiger partial charge in [0.2, 0.25) is 0 Å². The second-order valence-electron chi connectivity index (χ2n) is 6.80. The topological polar surface area (TPSA) is 9.23 Å². The van der Waals surface area contributed by atoms with Crippen LogP contribution in [0.4, 0.5) is 0 Å². The number of allylic oxidation sites excluding steroid dienone is 1. The zero-order valence-electron chi connectivity index (χ0n) is 11.2. The first-order valence-electron chi connectivity index (χ1n) is 7.55. The summed E-state index contributed by atoms with van der Waals surface area (Å²) < 4.78 is 6.38. The van der Waals surface area contributed by atoms with Crippen LogP contribution in [0.2, 0.25) is 0 Å². The molecule has 0 amide bonds. The van der Waals surface area contributed by atoms with Gasteiger partial charge in [0.15, 0.2) is 0 Å². The number of rotatable bonds is 3. The van der Waals surface area contributed by atoms with Gasteiger partial charge in [0.05, 0.1) is 5.76 Å². The van der Waals surface area contributed by atoms with Crippen LogP contribution in [0.3, 0.4) is 0 Å². The summed E-state index contributed by atoms with van der Waals surface area (Å²) in [5.41, 5.74) is 0.136. The first-order chi connectivity index (χ1) is 8.17. The molecule has 0 radical (unpaired) electrons. The lowest BCUT2D eigenvalue weighted by Crippen LogP contribution is -2.35. The number of ether oxygens (including phenoxy) is 1. The molecule has 0 aromatic rings. The van der Waals surface area contributed by atoms with Crippen molar-refractivity contribution in [3.63, 3.8) is 0 Å². The summed E-state index contributed by atoms with van der Waals surface area (Å²) in [5, 5.41) is 0. The van der Waals surface area contributed by atoms with Crippen LogP contribution in [0.15, 0.2) is 12.3 Å². The standard InChI is InChI=1S/C16H26O/c1-12(14-6-4-3-5-7-14)17-16(2)11-13-8-9-15(16)10-13/h13-15H,1,3-11H2,2H3. The molecule has 3 saturated carbocycles. The zero-order valence-corrected chi connectivity index (χ0v) is 11.2. The predicted octanol–water partition coefficient (Wildman–Crippen LogP) is 4.68. The Kier molecular flexibility index (Phi) is 2.96. The summed E-state index contributed by atoms with van der Waals surface area (Å²) in [7, 11) is 0. The molecule has 0 N–H and O–H groups in total. The van der Waals surface area contributed by atoms with E-state index in [9.17, 15) is 0 Å². The number of hydrogen-bond acceptors (Lipinski definition) is 1. The average molecular weight is 234 g/mol. The molecule has 3 unspecified atom stereocenters. The highest BCUT2D eigenvalue weighted by atomic mass is 16.5. The Balaban J connectivity index is 1.60. The molecule has 17 heavy (non-hydrogen) atoms. The van der Waals surface area contributed by atoms with E-state index >= 15 is 0 Å². The molecular formula is C16H26O. The maximum absolute atomic E-state index is 6.38. The second-order valence-corrected chi connectivity index (χ2v) is 6.80. The zero-order chi connectivity index (χ0) is 11.9. The summed E-state index contributed by atoms with van der Waals surface area (Å²) in [4.78, 5) is 0. The molecule has 0 saturated heterocycles. The molecule has 0 heterocycles. The highest BCUT2D eigenvalue weighted by Crippen LogP contribution is 2.53. The Morgan fingerprint density at radius 3 is 2.47 bits per heavy atom. The molecule has 0 aliphatic heterocycles. The van der Waals surface area contributed by atoms with E-state index < -0.39 is 0 Å². The summed E-state index contributed by atoms with van der Waals surface area (Å²) >= 11 is 0. The molecule has 3 aliphatic rings. The SMILES string of the molecule is C=C(OC1(C)CC2CCC1C2)C1CCCCC1. The largest absolute Gasteiger partial charge is 0.492 e. The van der Waals surface area contributed by atoms with Crippen LogP contribution in [0.5, 0.6) is 0 Å². The molecule has 3 atom stereocenters. The lowest BCUT2D eigenvalue weighted by Gasteiger charge is -2.38. The van der Waals surface area contributed by atoms with Crippen molar-refractivity contribution < 1.29 is 4.74 Å². The normalized spacial score (nSPS) is 41.7. The van der Waals surface area contributed by atoms with Crippen molar-refractivity contribution in [3.05, 3.63) is 12.3 Å². The van der Waals surface area contributed by atoms with Crippen LogP contribution in [-0.4, -0.2) is 5.60 Å². The van der Waals surface area contributed by atoms with Gasteiger partial charge in [-0.2, -0.15) is 0 Å². The fourth-order valence-electron chi connectivity index (χ4n) is 4.49. The second kappa shape index (κ2) is 4.33. The van der Waals surface area contributed by atoms with Gasteiger partial charge in [-0.15, -0.1) is 0 Å². The molecule has 3 rings (SSSR count). The van der Waals surface area contributed by atoms with Crippen molar-refractivity contribution in [1.29, 1.82) is 0 Å². The summed E-state index contributed by atoms with van der Waals surface area (Å²) in [6, 6.07) is 0. The van der Waals surface area contributed by atoms with E-state index in [4.69, 9.17) is 4.74 Å². The maximum Gasteiger partial charge on any atom is 0.109 e. The first kappa shape index (κ1) is 11.6. The fraction of sp³-hybridized carbons (Fsp3) is 0.875. The van der Waals surface area contributed by atoms with Crippen molar-refractivity contribution in [1.82, 2.24) is 0 Å². The quantitative estimate of drug-likeness (QED) is 0.644. The molecule has 3 aliphatic carbocycles. The number of hydrogen-bond donors (Lipinski definition) is 0. The van der Waals surface area contributed by atoms with Gasteiger partial charge in [-0.05, 0) is 57.3 Å². The van der Waals surface area contributed by atoms with Crippen LogP contribution in [0.1, 0.15) is 64.7 Å². The van der Waals surface area contributed by atoms with Gasteiger partial charge < -0.3 is 4.74 Å². The van der Waals surface area contributed by atoms with E-state index in [1.807, 2.05) is 0 Å². The molecule has 2 bridgehead atoms. The lowest BCUT2D eigenvalue weighted by molar-refractivity contribution is -0.0415. The van der Waals surface area contributed by atoms with Crippen LogP contribution in [0.25, 0.3) is 0 Å². The van der Waals surface area contributed by atoms with Gasteiger partial charge in [-0.1, -0.05) is 25.8 Å². The molecule has 1 nitrogen and oxygen atoms in total. The fourth-order valence-corrected chi connectivity index (χ4v) is 4.49. The Bertz CT molecular complexity index is 303. The predicted molar refractivity (Wildman–Crippen MR) is 70.7 cm³/mol. The highest BCUT2D eigenvalue weighted by Gasteiger charge is 2.50. The molecular weight excluding hydrogens is 208 g/mol. The molecule has 0 spiro atoms. The molecule has 96 valence electrons. The third-order valence-corrected chi connectivity index (χ3v) is 5.52. The van der Waals surface area contributed by atoms with Crippen LogP contribution in [0, 0.1) is 17.8 Å². The molecule has 3 fully saturated rings. The number of fused-ring (bicyclic) bond motifs is 2. The van der Waals surface area contributed by atoms with E-state index in [2.05, 4.69) is 13.5 Å². The van der Waals surface area contributed by atoms with Crippen molar-refractivity contribution in [2.45, 2.75) is 70.3 Å². The van der Waals surface area contributed by atoms with Crippen LogP contribution in [-0.2, 0) is 4.74 Å². The van der Waals surface area contributed by atoms with Crippen molar-refractivity contribution >= 4 is 0 Å². The summed E-state index contributed by atoms with van der Waals surface area (Å²) in [5.74, 6) is 3.52. The van der Waals surface area contributed by atoms with Crippen molar-refractivity contribution in [3.8, 4) is 0 Å². The molecule has 0 aromatic heterocycles. The van der Waals surface area contributed by atoms with Crippen molar-refractivity contribution in [2.75, 3.05) is 0 Å². The highest BCUT2D eigenvalue weighted by molar-refractivity contribution is 5.04. The van der Waals surface area contributed by atoms with E-state index in [1.165, 1.54) is 57.8 Å². The van der Waals surface area contributed by atoms with Gasteiger partial charge in [0.25, 0.3) is 0 Å². The third kappa shape index (κ3) is 2.13. The molecule has 1 heteroatoms. The lowest BCUT2D eigenvalue weighted by atomic mass is 9.84. The van der Waals surface area contributed by atoms with Gasteiger partial charge in [0, 0.05) is 5.92 Å². The van der Waals surface area contributed by atoms with E-state index in [1.54, 1.807) is 0 Å². The van der Waals surface area contributed by atoms with Gasteiger partial charge in [0.1, 0.15) is 5.60 Å². The van der Waals surface area contributed by atoms with E-state index in [0.29, 0.717) is 5.92 Å². The van der Waals surface area contributed by atoms with Crippen LogP contribution >= 0.6 is 0 Å². The average Bonchev–Trinajstić information content (AvgIpc) is 2.89. The monoisotopic (exact) mass is 234 g/mol. The summed E-state index contributed by atoms with van der Waals surface area (Å²) in [6.45, 7) is 6.59. The van der Waals surface area contributed by atoms with E-state index in [0.717, 1.165) is 17.6 Å². The Morgan fingerprint density at radius 2 is 1.88 bits per heavy atom. The van der Waals surface area contributed by atoms with Gasteiger partial charge in [-0.25, -0.2) is 0 Å². The third-order valence-electron chi connectivity index (χ3n) is 5.52. The van der Waals surface area contributed by atoms with Crippen molar-refractivity contribution in [2.24, 2.45) is 17.8 Å². The maximum atomic E-state index is 6.38. The minimum absolute atomic E-state index is 0.136. The minimum Gasteiger partial charge on any atom is -0.492 e. The van der Waals surface area contributed by atoms with Crippen LogP contribution < -0.4 is 0 Å².